The number of nitrogens with one attached hydrogen (secondary N) is 1. The van der Waals surface area contributed by atoms with Crippen molar-refractivity contribution in [1.82, 2.24) is 4.98 Å². The lowest BCUT2D eigenvalue weighted by atomic mass is 9.84. The lowest BCUT2D eigenvalue weighted by Gasteiger charge is -2.21. The van der Waals surface area contributed by atoms with Gasteiger partial charge in [-0.2, -0.15) is 0 Å². The fourth-order valence-electron chi connectivity index (χ4n) is 4.77. The Balaban J connectivity index is 1.66. The second kappa shape index (κ2) is 8.39. The molecular formula is C28H25NO3. The molecule has 0 atom stereocenters. The Hall–Kier alpha value is -3.79. The number of carbonyl (C=O) groups is 1. The SMILES string of the molecule is COc1cccc2c1CCC=C2c1c(CCc2ccccc2)[nH]c2cc(C(=O)O)ccc12. The second-order valence-electron chi connectivity index (χ2n) is 8.17. The van der Waals surface area contributed by atoms with E-state index in [0.29, 0.717) is 5.56 Å². The predicted octanol–water partition coefficient (Wildman–Crippen LogP) is 6.04. The smallest absolute Gasteiger partial charge is 0.335 e. The number of aromatic amines is 1. The number of aromatic carboxylic acids is 1. The number of hydrogen-bond acceptors (Lipinski definition) is 2. The van der Waals surface area contributed by atoms with Crippen LogP contribution in [-0.2, 0) is 19.3 Å². The van der Waals surface area contributed by atoms with Crippen LogP contribution in [0.15, 0.2) is 72.8 Å². The van der Waals surface area contributed by atoms with Crippen molar-refractivity contribution in [3.8, 4) is 5.75 Å². The molecular weight excluding hydrogens is 398 g/mol. The van der Waals surface area contributed by atoms with Gasteiger partial charge in [-0.15, -0.1) is 0 Å². The summed E-state index contributed by atoms with van der Waals surface area (Å²) in [5.41, 5.74) is 8.36. The Morgan fingerprint density at radius 2 is 1.88 bits per heavy atom. The average molecular weight is 424 g/mol. The maximum atomic E-state index is 11.5. The van der Waals surface area contributed by atoms with Crippen molar-refractivity contribution in [2.45, 2.75) is 25.7 Å². The Morgan fingerprint density at radius 3 is 2.66 bits per heavy atom. The number of carboxylic acids is 1. The number of rotatable bonds is 6. The molecule has 4 aromatic rings. The van der Waals surface area contributed by atoms with E-state index in [-0.39, 0.29) is 0 Å². The van der Waals surface area contributed by atoms with Crippen molar-refractivity contribution >= 4 is 22.4 Å². The molecule has 2 N–H and O–H groups in total. The van der Waals surface area contributed by atoms with Gasteiger partial charge in [0.15, 0.2) is 0 Å². The van der Waals surface area contributed by atoms with Gasteiger partial charge >= 0.3 is 5.97 Å². The minimum absolute atomic E-state index is 0.291. The predicted molar refractivity (Wildman–Crippen MR) is 128 cm³/mol. The third-order valence-electron chi connectivity index (χ3n) is 6.28. The molecule has 0 saturated carbocycles. The molecule has 0 amide bonds. The molecule has 0 radical (unpaired) electrons. The zero-order valence-corrected chi connectivity index (χ0v) is 18.0. The minimum Gasteiger partial charge on any atom is -0.496 e. The fraction of sp³-hybridized carbons (Fsp3) is 0.179. The molecule has 4 heteroatoms. The molecule has 1 aromatic heterocycles. The van der Waals surface area contributed by atoms with Gasteiger partial charge < -0.3 is 14.8 Å². The normalized spacial score (nSPS) is 13.0. The van der Waals surface area contributed by atoms with Gasteiger partial charge in [-0.05, 0) is 60.6 Å². The lowest BCUT2D eigenvalue weighted by Crippen LogP contribution is -2.05. The van der Waals surface area contributed by atoms with Gasteiger partial charge in [0, 0.05) is 27.7 Å². The van der Waals surface area contributed by atoms with Gasteiger partial charge in [0.25, 0.3) is 0 Å². The molecule has 0 saturated heterocycles. The molecule has 0 spiro atoms. The monoisotopic (exact) mass is 423 g/mol. The average Bonchev–Trinajstić information content (AvgIpc) is 3.20. The highest BCUT2D eigenvalue weighted by Crippen LogP contribution is 2.40. The van der Waals surface area contributed by atoms with Crippen LogP contribution < -0.4 is 4.74 Å². The highest BCUT2D eigenvalue weighted by molar-refractivity contribution is 6.02. The number of aryl methyl sites for hydroxylation is 2. The molecule has 4 nitrogen and oxygen atoms in total. The van der Waals surface area contributed by atoms with Crippen molar-refractivity contribution in [3.63, 3.8) is 0 Å². The lowest BCUT2D eigenvalue weighted by molar-refractivity contribution is 0.0697. The van der Waals surface area contributed by atoms with E-state index in [2.05, 4.69) is 41.4 Å². The zero-order valence-electron chi connectivity index (χ0n) is 18.0. The minimum atomic E-state index is -0.916. The van der Waals surface area contributed by atoms with Crippen LogP contribution in [0.25, 0.3) is 16.5 Å². The highest BCUT2D eigenvalue weighted by Gasteiger charge is 2.23. The Bertz CT molecular complexity index is 1330. The van der Waals surface area contributed by atoms with Gasteiger partial charge in [0.05, 0.1) is 12.7 Å². The van der Waals surface area contributed by atoms with Crippen molar-refractivity contribution < 1.29 is 14.6 Å². The van der Waals surface area contributed by atoms with Crippen molar-refractivity contribution in [2.75, 3.05) is 7.11 Å². The van der Waals surface area contributed by atoms with E-state index in [4.69, 9.17) is 4.74 Å². The van der Waals surface area contributed by atoms with Crippen LogP contribution in [0.5, 0.6) is 5.75 Å². The maximum absolute atomic E-state index is 11.5. The summed E-state index contributed by atoms with van der Waals surface area (Å²) in [4.78, 5) is 15.1. The number of ether oxygens (including phenoxy) is 1. The number of methoxy groups -OCH3 is 1. The summed E-state index contributed by atoms with van der Waals surface area (Å²) < 4.78 is 5.64. The van der Waals surface area contributed by atoms with Crippen LogP contribution >= 0.6 is 0 Å². The second-order valence-corrected chi connectivity index (χ2v) is 8.17. The summed E-state index contributed by atoms with van der Waals surface area (Å²) in [6, 6.07) is 22.0. The molecule has 0 aliphatic heterocycles. The standard InChI is InChI=1S/C28H25NO3/c1-32-26-12-6-9-20-21(26)10-5-11-22(20)27-23-15-14-19(28(30)31)17-25(23)29-24(27)16-13-18-7-3-2-4-8-18/h2-4,6-9,11-12,14-15,17,29H,5,10,13,16H2,1H3,(H,30,31). The molecule has 3 aromatic carbocycles. The van der Waals surface area contributed by atoms with Gasteiger partial charge in [-0.25, -0.2) is 4.79 Å². The third-order valence-corrected chi connectivity index (χ3v) is 6.28. The number of carboxylic acid groups (broad SMARTS) is 1. The summed E-state index contributed by atoms with van der Waals surface area (Å²) in [7, 11) is 1.72. The Labute approximate surface area is 187 Å². The number of benzene rings is 3. The fourth-order valence-corrected chi connectivity index (χ4v) is 4.77. The van der Waals surface area contributed by atoms with Crippen molar-refractivity contribution in [2.24, 2.45) is 0 Å². The van der Waals surface area contributed by atoms with E-state index in [1.807, 2.05) is 24.3 Å². The van der Waals surface area contributed by atoms with Crippen LogP contribution in [0.1, 0.15) is 44.7 Å². The number of aromatic nitrogens is 1. The molecule has 5 rings (SSSR count). The first-order valence-corrected chi connectivity index (χ1v) is 10.9. The van der Waals surface area contributed by atoms with Crippen LogP contribution in [0.2, 0.25) is 0 Å². The van der Waals surface area contributed by atoms with Gasteiger partial charge in [-0.3, -0.25) is 0 Å². The summed E-state index contributed by atoms with van der Waals surface area (Å²) in [5.74, 6) is 0.00721. The van der Waals surface area contributed by atoms with E-state index >= 15 is 0 Å². The van der Waals surface area contributed by atoms with Crippen LogP contribution in [-0.4, -0.2) is 23.2 Å². The third kappa shape index (κ3) is 3.58. The molecule has 32 heavy (non-hydrogen) atoms. The summed E-state index contributed by atoms with van der Waals surface area (Å²) in [6.45, 7) is 0. The molecule has 1 aliphatic rings. The first-order valence-electron chi connectivity index (χ1n) is 10.9. The van der Waals surface area contributed by atoms with Crippen LogP contribution in [0.3, 0.4) is 0 Å². The Morgan fingerprint density at radius 1 is 1.03 bits per heavy atom. The zero-order chi connectivity index (χ0) is 22.1. The first-order chi connectivity index (χ1) is 15.7. The maximum Gasteiger partial charge on any atom is 0.335 e. The highest BCUT2D eigenvalue weighted by atomic mass is 16.5. The van der Waals surface area contributed by atoms with E-state index in [1.165, 1.54) is 27.8 Å². The van der Waals surface area contributed by atoms with E-state index in [9.17, 15) is 9.90 Å². The number of H-pyrrole nitrogens is 1. The van der Waals surface area contributed by atoms with Crippen LogP contribution in [0.4, 0.5) is 0 Å². The van der Waals surface area contributed by atoms with E-state index in [0.717, 1.165) is 48.0 Å². The molecule has 1 aliphatic carbocycles. The summed E-state index contributed by atoms with van der Waals surface area (Å²) >= 11 is 0. The number of fused-ring (bicyclic) bond motifs is 2. The van der Waals surface area contributed by atoms with Crippen molar-refractivity contribution in [1.29, 1.82) is 0 Å². The summed E-state index contributed by atoms with van der Waals surface area (Å²) in [5, 5.41) is 10.5. The van der Waals surface area contributed by atoms with Crippen molar-refractivity contribution in [3.05, 3.63) is 106 Å². The number of allylic oxidation sites excluding steroid dienone is 1. The molecule has 0 bridgehead atoms. The van der Waals surface area contributed by atoms with Gasteiger partial charge in [0.2, 0.25) is 0 Å². The van der Waals surface area contributed by atoms with E-state index < -0.39 is 5.97 Å². The molecule has 0 unspecified atom stereocenters. The Kier molecular flexibility index (Phi) is 5.28. The number of hydrogen-bond donors (Lipinski definition) is 2. The first kappa shape index (κ1) is 20.1. The van der Waals surface area contributed by atoms with Gasteiger partial charge in [-0.1, -0.05) is 54.6 Å². The van der Waals surface area contributed by atoms with Crippen LogP contribution in [0, 0.1) is 0 Å². The molecule has 1 heterocycles. The van der Waals surface area contributed by atoms with Gasteiger partial charge in [0.1, 0.15) is 5.75 Å². The molecule has 0 fully saturated rings. The largest absolute Gasteiger partial charge is 0.496 e. The van der Waals surface area contributed by atoms with E-state index in [1.54, 1.807) is 19.2 Å². The summed E-state index contributed by atoms with van der Waals surface area (Å²) in [6.07, 6.45) is 5.95. The molecule has 160 valence electrons. The topological polar surface area (TPSA) is 62.3 Å². The quantitative estimate of drug-likeness (QED) is 0.398.